The number of esters is 1. The Bertz CT molecular complexity index is 855. The van der Waals surface area contributed by atoms with Crippen LogP contribution in [0.5, 0.6) is 0 Å². The highest BCUT2D eigenvalue weighted by Gasteiger charge is 2.19. The number of nitrogens with zero attached hydrogens (tertiary/aromatic N) is 1. The molecule has 0 saturated heterocycles. The van der Waals surface area contributed by atoms with Crippen molar-refractivity contribution in [2.75, 3.05) is 7.11 Å². The second-order valence-corrected chi connectivity index (χ2v) is 6.71. The van der Waals surface area contributed by atoms with Gasteiger partial charge in [-0.25, -0.2) is 0 Å². The van der Waals surface area contributed by atoms with Crippen LogP contribution in [0.25, 0.3) is 10.9 Å². The number of ether oxygens (including phenoxy) is 1. The van der Waals surface area contributed by atoms with Gasteiger partial charge in [-0.1, -0.05) is 24.3 Å². The van der Waals surface area contributed by atoms with E-state index in [1.807, 2.05) is 48.0 Å². The summed E-state index contributed by atoms with van der Waals surface area (Å²) in [5.41, 5.74) is 1.11. The van der Waals surface area contributed by atoms with Gasteiger partial charge in [-0.2, -0.15) is 0 Å². The van der Waals surface area contributed by atoms with Crippen LogP contribution in [-0.2, 0) is 20.9 Å². The summed E-state index contributed by atoms with van der Waals surface area (Å²) in [5.74, 6) is -0.421. The van der Waals surface area contributed by atoms with Crippen LogP contribution in [0.4, 0.5) is 0 Å². The second kappa shape index (κ2) is 7.98. The molecule has 0 spiro atoms. The molecule has 2 aromatic heterocycles. The number of carbonyl (C=O) groups excluding carboxylic acids is 2. The Morgan fingerprint density at radius 3 is 2.80 bits per heavy atom. The van der Waals surface area contributed by atoms with E-state index in [1.54, 1.807) is 0 Å². The predicted molar refractivity (Wildman–Crippen MR) is 98.4 cm³/mol. The maximum Gasteiger partial charge on any atom is 0.307 e. The first-order valence-corrected chi connectivity index (χ1v) is 8.99. The van der Waals surface area contributed by atoms with Crippen LogP contribution in [0.15, 0.2) is 54.0 Å². The molecule has 0 bridgehead atoms. The van der Waals surface area contributed by atoms with E-state index in [2.05, 4.69) is 16.0 Å². The standard InChI is InChI=1S/C19H20N2O3S/c1-24-19(23)13-15(17-7-4-12-25-17)20-18(22)9-11-21-10-8-14-5-2-3-6-16(14)21/h2-8,10,12,15H,9,11,13H2,1H3,(H,20,22). The lowest BCUT2D eigenvalue weighted by atomic mass is 10.1. The summed E-state index contributed by atoms with van der Waals surface area (Å²) in [6, 6.07) is 13.6. The first kappa shape index (κ1) is 17.2. The van der Waals surface area contributed by atoms with Crippen molar-refractivity contribution in [3.05, 3.63) is 58.9 Å². The molecule has 1 amide bonds. The lowest BCUT2D eigenvalue weighted by Crippen LogP contribution is -2.30. The summed E-state index contributed by atoms with van der Waals surface area (Å²) < 4.78 is 6.80. The second-order valence-electron chi connectivity index (χ2n) is 5.73. The molecule has 25 heavy (non-hydrogen) atoms. The molecule has 5 nitrogen and oxygen atoms in total. The topological polar surface area (TPSA) is 60.3 Å². The van der Waals surface area contributed by atoms with Gasteiger partial charge in [0, 0.05) is 29.6 Å². The molecule has 0 aliphatic carbocycles. The van der Waals surface area contributed by atoms with E-state index in [-0.39, 0.29) is 24.3 Å². The quantitative estimate of drug-likeness (QED) is 0.659. The highest BCUT2D eigenvalue weighted by molar-refractivity contribution is 7.10. The largest absolute Gasteiger partial charge is 0.469 e. The van der Waals surface area contributed by atoms with Gasteiger partial charge >= 0.3 is 5.97 Å². The first-order valence-electron chi connectivity index (χ1n) is 8.11. The average molecular weight is 356 g/mol. The van der Waals surface area contributed by atoms with Crippen molar-refractivity contribution in [2.45, 2.75) is 25.4 Å². The number of hydrogen-bond acceptors (Lipinski definition) is 4. The van der Waals surface area contributed by atoms with Gasteiger partial charge in [-0.15, -0.1) is 11.3 Å². The molecule has 3 rings (SSSR count). The predicted octanol–water partition coefficient (Wildman–Crippen LogP) is 3.51. The van der Waals surface area contributed by atoms with Gasteiger partial charge < -0.3 is 14.6 Å². The van der Waals surface area contributed by atoms with Crippen LogP contribution in [0, 0.1) is 0 Å². The number of hydrogen-bond donors (Lipinski definition) is 1. The van der Waals surface area contributed by atoms with Crippen LogP contribution in [0.3, 0.4) is 0 Å². The number of methoxy groups -OCH3 is 1. The third-order valence-electron chi connectivity index (χ3n) is 4.08. The summed E-state index contributed by atoms with van der Waals surface area (Å²) in [6.45, 7) is 0.592. The van der Waals surface area contributed by atoms with Gasteiger partial charge in [0.1, 0.15) is 0 Å². The molecule has 0 saturated carbocycles. The smallest absolute Gasteiger partial charge is 0.307 e. The maximum atomic E-state index is 12.4. The Hall–Kier alpha value is -2.60. The Labute approximate surface area is 150 Å². The lowest BCUT2D eigenvalue weighted by Gasteiger charge is -2.16. The normalized spacial score (nSPS) is 12.0. The molecule has 1 N–H and O–H groups in total. The molecule has 3 aromatic rings. The summed E-state index contributed by atoms with van der Waals surface area (Å²) in [5, 5.41) is 6.04. The minimum Gasteiger partial charge on any atom is -0.469 e. The van der Waals surface area contributed by atoms with Gasteiger partial charge in [0.15, 0.2) is 0 Å². The fraction of sp³-hybridized carbons (Fsp3) is 0.263. The Morgan fingerprint density at radius 1 is 1.20 bits per heavy atom. The first-order chi connectivity index (χ1) is 12.2. The van der Waals surface area contributed by atoms with Crippen LogP contribution < -0.4 is 5.32 Å². The number of para-hydroxylation sites is 1. The molecule has 6 heteroatoms. The number of aromatic nitrogens is 1. The lowest BCUT2D eigenvalue weighted by molar-refractivity contribution is -0.141. The highest BCUT2D eigenvalue weighted by atomic mass is 32.1. The van der Waals surface area contributed by atoms with Crippen molar-refractivity contribution in [2.24, 2.45) is 0 Å². The number of amides is 1. The molecule has 2 heterocycles. The monoisotopic (exact) mass is 356 g/mol. The molecular weight excluding hydrogens is 336 g/mol. The Morgan fingerprint density at radius 2 is 2.04 bits per heavy atom. The summed E-state index contributed by atoms with van der Waals surface area (Å²) >= 11 is 1.52. The fourth-order valence-electron chi connectivity index (χ4n) is 2.79. The zero-order chi connectivity index (χ0) is 17.6. The molecule has 130 valence electrons. The molecule has 0 aliphatic heterocycles. The van der Waals surface area contributed by atoms with E-state index < -0.39 is 0 Å². The van der Waals surface area contributed by atoms with Gasteiger partial charge in [0.05, 0.1) is 19.6 Å². The Kier molecular flexibility index (Phi) is 5.50. The fourth-order valence-corrected chi connectivity index (χ4v) is 3.56. The van der Waals surface area contributed by atoms with Crippen molar-refractivity contribution in [3.8, 4) is 0 Å². The van der Waals surface area contributed by atoms with Crippen molar-refractivity contribution >= 4 is 34.1 Å². The van der Waals surface area contributed by atoms with Gasteiger partial charge in [0.25, 0.3) is 0 Å². The molecular formula is C19H20N2O3S. The summed E-state index contributed by atoms with van der Waals surface area (Å²) in [6.07, 6.45) is 2.47. The zero-order valence-electron chi connectivity index (χ0n) is 14.0. The molecule has 0 fully saturated rings. The number of benzene rings is 1. The molecule has 1 atom stereocenters. The van der Waals surface area contributed by atoms with Crippen molar-refractivity contribution in [1.82, 2.24) is 9.88 Å². The SMILES string of the molecule is COC(=O)CC(NC(=O)CCn1ccc2ccccc21)c1cccs1. The van der Waals surface area contributed by atoms with Crippen LogP contribution in [-0.4, -0.2) is 23.6 Å². The third-order valence-corrected chi connectivity index (χ3v) is 5.07. The van der Waals surface area contributed by atoms with Crippen molar-refractivity contribution < 1.29 is 14.3 Å². The van der Waals surface area contributed by atoms with Gasteiger partial charge in [0.2, 0.25) is 5.91 Å². The molecule has 0 radical (unpaired) electrons. The van der Waals surface area contributed by atoms with Crippen LogP contribution in [0.1, 0.15) is 23.8 Å². The number of aryl methyl sites for hydroxylation is 1. The number of carbonyl (C=O) groups is 2. The highest BCUT2D eigenvalue weighted by Crippen LogP contribution is 2.23. The van der Waals surface area contributed by atoms with Crippen LogP contribution >= 0.6 is 11.3 Å². The van der Waals surface area contributed by atoms with E-state index in [0.29, 0.717) is 13.0 Å². The van der Waals surface area contributed by atoms with E-state index in [1.165, 1.54) is 18.4 Å². The molecule has 0 aliphatic rings. The number of fused-ring (bicyclic) bond motifs is 1. The van der Waals surface area contributed by atoms with Gasteiger partial charge in [-0.05, 0) is 29.0 Å². The summed E-state index contributed by atoms with van der Waals surface area (Å²) in [4.78, 5) is 24.9. The third kappa shape index (κ3) is 4.28. The van der Waals surface area contributed by atoms with E-state index in [9.17, 15) is 9.59 Å². The maximum absolute atomic E-state index is 12.4. The number of rotatable bonds is 7. The average Bonchev–Trinajstić information content (AvgIpc) is 3.29. The minimum absolute atomic E-state index is 0.0833. The van der Waals surface area contributed by atoms with Crippen molar-refractivity contribution in [3.63, 3.8) is 0 Å². The molecule has 1 unspecified atom stereocenters. The van der Waals surface area contributed by atoms with E-state index >= 15 is 0 Å². The molecule has 1 aromatic carbocycles. The van der Waals surface area contributed by atoms with Crippen molar-refractivity contribution in [1.29, 1.82) is 0 Å². The van der Waals surface area contributed by atoms with Crippen LogP contribution in [0.2, 0.25) is 0 Å². The minimum atomic E-state index is -0.346. The zero-order valence-corrected chi connectivity index (χ0v) is 14.8. The summed E-state index contributed by atoms with van der Waals surface area (Å²) in [7, 11) is 1.35. The number of thiophene rings is 1. The number of nitrogens with one attached hydrogen (secondary N) is 1. The van der Waals surface area contributed by atoms with E-state index in [4.69, 9.17) is 4.74 Å². The van der Waals surface area contributed by atoms with Gasteiger partial charge in [-0.3, -0.25) is 9.59 Å². The Balaban J connectivity index is 1.62. The van der Waals surface area contributed by atoms with E-state index in [0.717, 1.165) is 15.8 Å².